The lowest BCUT2D eigenvalue weighted by atomic mass is 10.3. The van der Waals surface area contributed by atoms with Crippen molar-refractivity contribution in [3.05, 3.63) is 0 Å². The molecule has 0 saturated carbocycles. The van der Waals surface area contributed by atoms with Gasteiger partial charge in [0.1, 0.15) is 0 Å². The van der Waals surface area contributed by atoms with Crippen molar-refractivity contribution in [2.45, 2.75) is 11.0 Å². The van der Waals surface area contributed by atoms with Crippen LogP contribution in [-0.4, -0.2) is 33.2 Å². The van der Waals surface area contributed by atoms with Gasteiger partial charge in [0.15, 0.2) is 4.83 Å². The van der Waals surface area contributed by atoms with Gasteiger partial charge in [0.25, 0.3) is 0 Å². The first kappa shape index (κ1) is 9.35. The normalized spacial score (nSPS) is 15.8. The molecule has 0 aromatic carbocycles. The Morgan fingerprint density at radius 2 is 1.70 bits per heavy atom. The fourth-order valence-corrected chi connectivity index (χ4v) is 0.476. The summed E-state index contributed by atoms with van der Waals surface area (Å²) in [5.74, 6) is -3.32. The van der Waals surface area contributed by atoms with E-state index in [0.717, 1.165) is 0 Å². The number of rotatable bonds is 3. The topological polar surface area (TPSA) is 74.6 Å². The Morgan fingerprint density at radius 1 is 1.30 bits per heavy atom. The van der Waals surface area contributed by atoms with Crippen molar-refractivity contribution in [2.75, 3.05) is 0 Å². The van der Waals surface area contributed by atoms with Crippen molar-refractivity contribution in [3.63, 3.8) is 0 Å². The lowest BCUT2D eigenvalue weighted by Crippen LogP contribution is -2.31. The van der Waals surface area contributed by atoms with Crippen molar-refractivity contribution in [3.8, 4) is 0 Å². The molecule has 0 spiro atoms. The molecule has 0 aromatic rings. The number of aliphatic carboxylic acids is 2. The number of hydrogen-bond donors (Lipinski definition) is 2. The summed E-state index contributed by atoms with van der Waals surface area (Å²) in [4.78, 5) is 18.0. The summed E-state index contributed by atoms with van der Waals surface area (Å²) in [6, 6.07) is 0. The first-order chi connectivity index (χ1) is 4.46. The minimum atomic E-state index is -2.41. The Kier molecular flexibility index (Phi) is 3.27. The highest BCUT2D eigenvalue weighted by molar-refractivity contribution is 9.10. The lowest BCUT2D eigenvalue weighted by molar-refractivity contribution is -0.148. The van der Waals surface area contributed by atoms with Gasteiger partial charge in [-0.3, -0.25) is 4.79 Å². The molecule has 0 saturated heterocycles. The summed E-state index contributed by atoms with van der Waals surface area (Å²) in [5, 5.41) is 16.0. The van der Waals surface area contributed by atoms with Crippen molar-refractivity contribution in [2.24, 2.45) is 0 Å². The van der Waals surface area contributed by atoms with E-state index in [4.69, 9.17) is 10.2 Å². The number of halogens is 2. The van der Waals surface area contributed by atoms with Gasteiger partial charge in [0.05, 0.1) is 0 Å². The van der Waals surface area contributed by atoms with E-state index in [1.54, 1.807) is 0 Å². The third kappa shape index (κ3) is 2.30. The summed E-state index contributed by atoms with van der Waals surface area (Å²) in [6.07, 6.45) is -2.41. The molecule has 0 bridgehead atoms. The molecule has 10 heavy (non-hydrogen) atoms. The zero-order chi connectivity index (χ0) is 8.31. The van der Waals surface area contributed by atoms with Crippen LogP contribution in [-0.2, 0) is 9.59 Å². The second-order valence-electron chi connectivity index (χ2n) is 1.48. The molecule has 2 N–H and O–H groups in total. The van der Waals surface area contributed by atoms with Crippen LogP contribution in [0.3, 0.4) is 0 Å². The molecule has 0 aliphatic carbocycles. The van der Waals surface area contributed by atoms with Gasteiger partial charge in [-0.2, -0.15) is 0 Å². The summed E-state index contributed by atoms with van der Waals surface area (Å²) >= 11 is 2.35. The molecule has 0 aliphatic rings. The van der Waals surface area contributed by atoms with Gasteiger partial charge in [0, 0.05) is 0 Å². The van der Waals surface area contributed by atoms with Crippen LogP contribution in [0.2, 0.25) is 0 Å². The van der Waals surface area contributed by atoms with E-state index in [1.807, 2.05) is 0 Å². The van der Waals surface area contributed by atoms with E-state index in [9.17, 15) is 14.0 Å². The minimum absolute atomic E-state index is 1.53. The Balaban J connectivity index is 4.07. The fraction of sp³-hybridized carbons (Fsp3) is 0.500. The van der Waals surface area contributed by atoms with Gasteiger partial charge in [-0.05, 0) is 0 Å². The number of carboxylic acid groups (broad SMARTS) is 2. The van der Waals surface area contributed by atoms with Crippen molar-refractivity contribution in [1.82, 2.24) is 0 Å². The maximum Gasteiger partial charge on any atom is 0.340 e. The zero-order valence-corrected chi connectivity index (χ0v) is 6.21. The standard InChI is InChI=1S/C4H4BrFO4/c5-1(3(7)8)2(6)4(9)10/h1-2H,(H,7,8)(H,9,10). The van der Waals surface area contributed by atoms with Gasteiger partial charge in [-0.1, -0.05) is 15.9 Å². The second kappa shape index (κ2) is 3.50. The fourth-order valence-electron chi connectivity index (χ4n) is 0.250. The molecule has 0 aromatic heterocycles. The Hall–Kier alpha value is -0.650. The zero-order valence-electron chi connectivity index (χ0n) is 4.62. The predicted octanol–water partition coefficient (Wildman–Crippen LogP) is 0.257. The van der Waals surface area contributed by atoms with Crippen LogP contribution in [0.5, 0.6) is 0 Å². The molecule has 0 radical (unpaired) electrons. The Labute approximate surface area is 63.8 Å². The maximum atomic E-state index is 12.1. The lowest BCUT2D eigenvalue weighted by Gasteiger charge is -2.04. The van der Waals surface area contributed by atoms with Crippen LogP contribution >= 0.6 is 15.9 Å². The first-order valence-corrected chi connectivity index (χ1v) is 3.12. The van der Waals surface area contributed by atoms with E-state index in [2.05, 4.69) is 15.9 Å². The van der Waals surface area contributed by atoms with Crippen molar-refractivity contribution in [1.29, 1.82) is 0 Å². The molecule has 0 fully saturated rings. The average Bonchev–Trinajstić information content (AvgIpc) is 1.84. The highest BCUT2D eigenvalue weighted by Gasteiger charge is 2.31. The van der Waals surface area contributed by atoms with Crippen LogP contribution in [0.15, 0.2) is 0 Å². The van der Waals surface area contributed by atoms with Crippen LogP contribution in [0.1, 0.15) is 0 Å². The number of alkyl halides is 2. The summed E-state index contributed by atoms with van der Waals surface area (Å²) in [7, 11) is 0. The first-order valence-electron chi connectivity index (χ1n) is 2.20. The van der Waals surface area contributed by atoms with E-state index in [-0.39, 0.29) is 0 Å². The summed E-state index contributed by atoms with van der Waals surface area (Å²) in [6.45, 7) is 0. The van der Waals surface area contributed by atoms with Crippen LogP contribution in [0.25, 0.3) is 0 Å². The number of carboxylic acids is 2. The summed E-state index contributed by atoms with van der Waals surface area (Å²) in [5.41, 5.74) is 0. The molecule has 0 amide bonds. The average molecular weight is 215 g/mol. The highest BCUT2D eigenvalue weighted by atomic mass is 79.9. The molecule has 2 atom stereocenters. The maximum absolute atomic E-state index is 12.1. The van der Waals surface area contributed by atoms with Gasteiger partial charge in [0.2, 0.25) is 6.17 Å². The third-order valence-corrected chi connectivity index (χ3v) is 1.58. The number of carbonyl (C=O) groups is 2. The SMILES string of the molecule is O=C(O)C(F)C(Br)C(=O)O. The summed E-state index contributed by atoms with van der Waals surface area (Å²) < 4.78 is 12.1. The predicted molar refractivity (Wildman–Crippen MR) is 32.9 cm³/mol. The minimum Gasteiger partial charge on any atom is -0.480 e. The molecular formula is C4H4BrFO4. The van der Waals surface area contributed by atoms with Gasteiger partial charge in [-0.15, -0.1) is 0 Å². The Morgan fingerprint density at radius 3 is 1.80 bits per heavy atom. The Bertz CT molecular complexity index is 141. The van der Waals surface area contributed by atoms with E-state index < -0.39 is 22.9 Å². The molecule has 4 nitrogen and oxygen atoms in total. The molecular weight excluding hydrogens is 211 g/mol. The van der Waals surface area contributed by atoms with E-state index in [1.165, 1.54) is 0 Å². The molecule has 58 valence electrons. The van der Waals surface area contributed by atoms with Crippen LogP contribution in [0, 0.1) is 0 Å². The molecule has 0 aliphatic heterocycles. The van der Waals surface area contributed by atoms with E-state index >= 15 is 0 Å². The quantitative estimate of drug-likeness (QED) is 0.662. The number of hydrogen-bond acceptors (Lipinski definition) is 2. The van der Waals surface area contributed by atoms with Crippen LogP contribution in [0.4, 0.5) is 4.39 Å². The van der Waals surface area contributed by atoms with Gasteiger partial charge in [-0.25, -0.2) is 9.18 Å². The van der Waals surface area contributed by atoms with Crippen LogP contribution < -0.4 is 0 Å². The van der Waals surface area contributed by atoms with Crippen molar-refractivity contribution < 1.29 is 24.2 Å². The third-order valence-electron chi connectivity index (χ3n) is 0.729. The molecule has 6 heteroatoms. The largest absolute Gasteiger partial charge is 0.480 e. The highest BCUT2D eigenvalue weighted by Crippen LogP contribution is 2.09. The smallest absolute Gasteiger partial charge is 0.340 e. The molecule has 0 heterocycles. The van der Waals surface area contributed by atoms with Crippen molar-refractivity contribution >= 4 is 27.9 Å². The van der Waals surface area contributed by atoms with Gasteiger partial charge < -0.3 is 10.2 Å². The van der Waals surface area contributed by atoms with Gasteiger partial charge >= 0.3 is 11.9 Å². The van der Waals surface area contributed by atoms with E-state index in [0.29, 0.717) is 0 Å². The molecule has 2 unspecified atom stereocenters. The second-order valence-corrected chi connectivity index (χ2v) is 2.47. The molecule has 0 rings (SSSR count). The monoisotopic (exact) mass is 214 g/mol.